The standard InChI is InChI=1S/C15H14ClN3O/c1-20-12-4-2-3-10(7-12)9-19-14-8-11(16)5-6-13(14)18-15(19)17/h2-8H,9H2,1H3,(H2,17,18). The van der Waals surface area contributed by atoms with Gasteiger partial charge in [0.2, 0.25) is 5.95 Å². The van der Waals surface area contributed by atoms with Gasteiger partial charge in [-0.15, -0.1) is 0 Å². The fourth-order valence-electron chi connectivity index (χ4n) is 2.23. The minimum Gasteiger partial charge on any atom is -0.497 e. The Hall–Kier alpha value is -2.20. The lowest BCUT2D eigenvalue weighted by Gasteiger charge is -2.08. The molecule has 0 aliphatic rings. The van der Waals surface area contributed by atoms with Crippen LogP contribution < -0.4 is 10.5 Å². The molecule has 2 aromatic carbocycles. The number of anilines is 1. The lowest BCUT2D eigenvalue weighted by atomic mass is 10.2. The topological polar surface area (TPSA) is 53.1 Å². The zero-order valence-corrected chi connectivity index (χ0v) is 11.8. The number of hydrogen-bond acceptors (Lipinski definition) is 3. The number of ether oxygens (including phenoxy) is 1. The van der Waals surface area contributed by atoms with Crippen molar-refractivity contribution in [3.05, 3.63) is 53.1 Å². The Bertz CT molecular complexity index is 767. The molecular weight excluding hydrogens is 274 g/mol. The van der Waals surface area contributed by atoms with Gasteiger partial charge in [0.1, 0.15) is 5.75 Å². The molecule has 0 fully saturated rings. The number of imidazole rings is 1. The van der Waals surface area contributed by atoms with E-state index in [-0.39, 0.29) is 0 Å². The minimum absolute atomic E-state index is 0.477. The van der Waals surface area contributed by atoms with Gasteiger partial charge in [-0.3, -0.25) is 0 Å². The number of rotatable bonds is 3. The van der Waals surface area contributed by atoms with Gasteiger partial charge in [-0.1, -0.05) is 23.7 Å². The Balaban J connectivity index is 2.05. The van der Waals surface area contributed by atoms with Crippen LogP contribution in [-0.2, 0) is 6.54 Å². The number of hydrogen-bond donors (Lipinski definition) is 1. The summed E-state index contributed by atoms with van der Waals surface area (Å²) in [6.07, 6.45) is 0. The summed E-state index contributed by atoms with van der Waals surface area (Å²) in [7, 11) is 1.65. The van der Waals surface area contributed by atoms with Crippen LogP contribution in [0.5, 0.6) is 5.75 Å². The lowest BCUT2D eigenvalue weighted by molar-refractivity contribution is 0.414. The Morgan fingerprint density at radius 2 is 2.10 bits per heavy atom. The maximum Gasteiger partial charge on any atom is 0.201 e. The molecule has 0 unspecified atom stereocenters. The average molecular weight is 288 g/mol. The maximum atomic E-state index is 6.05. The smallest absolute Gasteiger partial charge is 0.201 e. The quantitative estimate of drug-likeness (QED) is 0.804. The van der Waals surface area contributed by atoms with E-state index in [1.54, 1.807) is 7.11 Å². The van der Waals surface area contributed by atoms with Crippen LogP contribution in [0.4, 0.5) is 5.95 Å². The number of methoxy groups -OCH3 is 1. The number of aromatic nitrogens is 2. The molecule has 1 heterocycles. The Kier molecular flexibility index (Phi) is 3.24. The fraction of sp³-hybridized carbons (Fsp3) is 0.133. The third-order valence-electron chi connectivity index (χ3n) is 3.21. The highest BCUT2D eigenvalue weighted by atomic mass is 35.5. The number of fused-ring (bicyclic) bond motifs is 1. The fourth-order valence-corrected chi connectivity index (χ4v) is 2.40. The first kappa shape index (κ1) is 12.8. The van der Waals surface area contributed by atoms with E-state index in [4.69, 9.17) is 22.1 Å². The first-order valence-corrected chi connectivity index (χ1v) is 6.59. The summed E-state index contributed by atoms with van der Waals surface area (Å²) in [5, 5.41) is 0.671. The molecule has 0 aliphatic heterocycles. The molecule has 0 atom stereocenters. The molecule has 1 aromatic heterocycles. The summed E-state index contributed by atoms with van der Waals surface area (Å²) < 4.78 is 7.17. The SMILES string of the molecule is COc1cccc(Cn2c(N)nc3ccc(Cl)cc32)c1. The van der Waals surface area contributed by atoms with Crippen LogP contribution in [-0.4, -0.2) is 16.7 Å². The molecule has 102 valence electrons. The molecule has 20 heavy (non-hydrogen) atoms. The molecule has 0 saturated carbocycles. The Labute approximate surface area is 121 Å². The van der Waals surface area contributed by atoms with Gasteiger partial charge in [0, 0.05) is 5.02 Å². The number of nitrogens with two attached hydrogens (primary N) is 1. The highest BCUT2D eigenvalue weighted by Crippen LogP contribution is 2.23. The third-order valence-corrected chi connectivity index (χ3v) is 3.45. The van der Waals surface area contributed by atoms with Crippen molar-refractivity contribution in [3.63, 3.8) is 0 Å². The monoisotopic (exact) mass is 287 g/mol. The predicted molar refractivity (Wildman–Crippen MR) is 81.3 cm³/mol. The molecule has 0 amide bonds. The van der Waals surface area contributed by atoms with Gasteiger partial charge in [-0.25, -0.2) is 4.98 Å². The molecule has 0 bridgehead atoms. The van der Waals surface area contributed by atoms with Crippen LogP contribution in [0.1, 0.15) is 5.56 Å². The van der Waals surface area contributed by atoms with E-state index in [1.165, 1.54) is 0 Å². The zero-order valence-electron chi connectivity index (χ0n) is 11.0. The van der Waals surface area contributed by atoms with Crippen LogP contribution >= 0.6 is 11.6 Å². The number of halogens is 1. The van der Waals surface area contributed by atoms with Crippen LogP contribution in [0, 0.1) is 0 Å². The van der Waals surface area contributed by atoms with Crippen molar-refractivity contribution in [2.24, 2.45) is 0 Å². The molecule has 3 rings (SSSR count). The van der Waals surface area contributed by atoms with Crippen molar-refractivity contribution in [2.75, 3.05) is 12.8 Å². The van der Waals surface area contributed by atoms with Gasteiger partial charge >= 0.3 is 0 Å². The molecule has 3 aromatic rings. The zero-order chi connectivity index (χ0) is 14.1. The van der Waals surface area contributed by atoms with E-state index in [2.05, 4.69) is 4.98 Å². The van der Waals surface area contributed by atoms with Crippen molar-refractivity contribution in [1.82, 2.24) is 9.55 Å². The largest absolute Gasteiger partial charge is 0.497 e. The van der Waals surface area contributed by atoms with Crippen molar-refractivity contribution in [1.29, 1.82) is 0 Å². The minimum atomic E-state index is 0.477. The summed E-state index contributed by atoms with van der Waals surface area (Å²) in [6, 6.07) is 13.4. The van der Waals surface area contributed by atoms with Crippen LogP contribution in [0.25, 0.3) is 11.0 Å². The lowest BCUT2D eigenvalue weighted by Crippen LogP contribution is -2.04. The number of nitrogens with zero attached hydrogens (tertiary/aromatic N) is 2. The normalized spacial score (nSPS) is 10.9. The second-order valence-corrected chi connectivity index (χ2v) is 4.98. The average Bonchev–Trinajstić information content (AvgIpc) is 2.75. The van der Waals surface area contributed by atoms with Gasteiger partial charge in [0.25, 0.3) is 0 Å². The molecule has 0 saturated heterocycles. The van der Waals surface area contributed by atoms with E-state index < -0.39 is 0 Å². The molecule has 0 spiro atoms. The van der Waals surface area contributed by atoms with Gasteiger partial charge in [0.15, 0.2) is 0 Å². The highest BCUT2D eigenvalue weighted by molar-refractivity contribution is 6.31. The first-order chi connectivity index (χ1) is 9.67. The van der Waals surface area contributed by atoms with Gasteiger partial charge in [0.05, 0.1) is 24.7 Å². The maximum absolute atomic E-state index is 6.05. The van der Waals surface area contributed by atoms with Crippen molar-refractivity contribution in [2.45, 2.75) is 6.54 Å². The van der Waals surface area contributed by atoms with E-state index in [0.717, 1.165) is 22.3 Å². The van der Waals surface area contributed by atoms with Gasteiger partial charge in [-0.2, -0.15) is 0 Å². The molecule has 0 aliphatic carbocycles. The van der Waals surface area contributed by atoms with Crippen LogP contribution in [0.15, 0.2) is 42.5 Å². The van der Waals surface area contributed by atoms with E-state index >= 15 is 0 Å². The Morgan fingerprint density at radius 3 is 2.90 bits per heavy atom. The van der Waals surface area contributed by atoms with Gasteiger partial charge in [-0.05, 0) is 35.9 Å². The first-order valence-electron chi connectivity index (χ1n) is 6.21. The van der Waals surface area contributed by atoms with Crippen LogP contribution in [0.2, 0.25) is 5.02 Å². The number of benzene rings is 2. The summed E-state index contributed by atoms with van der Waals surface area (Å²) in [5.74, 6) is 1.30. The molecule has 4 nitrogen and oxygen atoms in total. The predicted octanol–water partition coefficient (Wildman–Crippen LogP) is 3.33. The van der Waals surface area contributed by atoms with Gasteiger partial charge < -0.3 is 15.0 Å². The second-order valence-electron chi connectivity index (χ2n) is 4.54. The van der Waals surface area contributed by atoms with Crippen molar-refractivity contribution >= 4 is 28.6 Å². The van der Waals surface area contributed by atoms with E-state index in [9.17, 15) is 0 Å². The van der Waals surface area contributed by atoms with Crippen molar-refractivity contribution < 1.29 is 4.74 Å². The summed E-state index contributed by atoms with van der Waals surface area (Å²) >= 11 is 6.05. The van der Waals surface area contributed by atoms with E-state index in [0.29, 0.717) is 17.5 Å². The number of nitrogen functional groups attached to an aromatic ring is 1. The summed E-state index contributed by atoms with van der Waals surface area (Å²) in [6.45, 7) is 0.625. The molecule has 0 radical (unpaired) electrons. The van der Waals surface area contributed by atoms with Crippen LogP contribution in [0.3, 0.4) is 0 Å². The summed E-state index contributed by atoms with van der Waals surface area (Å²) in [4.78, 5) is 4.34. The highest BCUT2D eigenvalue weighted by Gasteiger charge is 2.09. The third kappa shape index (κ3) is 2.30. The van der Waals surface area contributed by atoms with Crippen molar-refractivity contribution in [3.8, 4) is 5.75 Å². The molecular formula is C15H14ClN3O. The molecule has 2 N–H and O–H groups in total. The Morgan fingerprint density at radius 1 is 1.25 bits per heavy atom. The van der Waals surface area contributed by atoms with E-state index in [1.807, 2.05) is 47.0 Å². The molecule has 5 heteroatoms. The summed E-state index contributed by atoms with van der Waals surface area (Å²) in [5.41, 5.74) is 8.86. The second kappa shape index (κ2) is 5.06.